The average molecular weight is 335 g/mol. The summed E-state index contributed by atoms with van der Waals surface area (Å²) in [5, 5.41) is 10.2. The number of hydrogen-bond acceptors (Lipinski definition) is 3. The molecule has 0 bridgehead atoms. The van der Waals surface area contributed by atoms with E-state index in [2.05, 4.69) is 0 Å². The van der Waals surface area contributed by atoms with Crippen molar-refractivity contribution in [2.45, 2.75) is 38.3 Å². The van der Waals surface area contributed by atoms with Crippen LogP contribution in [-0.4, -0.2) is 28.5 Å². The van der Waals surface area contributed by atoms with Gasteiger partial charge in [-0.3, -0.25) is 4.79 Å². The summed E-state index contributed by atoms with van der Waals surface area (Å²) in [5.41, 5.74) is 0.0967. The van der Waals surface area contributed by atoms with E-state index < -0.39 is 23.6 Å². The zero-order chi connectivity index (χ0) is 17.3. The van der Waals surface area contributed by atoms with Crippen LogP contribution in [0.3, 0.4) is 0 Å². The van der Waals surface area contributed by atoms with Gasteiger partial charge in [0.25, 0.3) is 5.91 Å². The molecule has 24 heavy (non-hydrogen) atoms. The van der Waals surface area contributed by atoms with Gasteiger partial charge in [-0.15, -0.1) is 0 Å². The Morgan fingerprint density at radius 2 is 2.21 bits per heavy atom. The van der Waals surface area contributed by atoms with Crippen LogP contribution in [0.5, 0.6) is 0 Å². The van der Waals surface area contributed by atoms with Crippen LogP contribution >= 0.6 is 0 Å². The van der Waals surface area contributed by atoms with Gasteiger partial charge in [0, 0.05) is 25.1 Å². The molecule has 1 aromatic carbocycles. The largest absolute Gasteiger partial charge is 0.467 e. The van der Waals surface area contributed by atoms with Crippen LogP contribution < -0.4 is 0 Å². The average Bonchev–Trinajstić information content (AvgIpc) is 3.21. The van der Waals surface area contributed by atoms with Crippen LogP contribution in [0.15, 0.2) is 34.9 Å². The fourth-order valence-electron chi connectivity index (χ4n) is 3.18. The van der Waals surface area contributed by atoms with Gasteiger partial charge in [-0.2, -0.15) is 0 Å². The number of aryl methyl sites for hydroxylation is 1. The van der Waals surface area contributed by atoms with E-state index in [0.717, 1.165) is 18.9 Å². The molecule has 2 heterocycles. The number of hydrogen-bond donors (Lipinski definition) is 1. The third kappa shape index (κ3) is 3.19. The molecule has 1 amide bonds. The molecule has 0 radical (unpaired) electrons. The van der Waals surface area contributed by atoms with Crippen LogP contribution in [0.2, 0.25) is 0 Å². The summed E-state index contributed by atoms with van der Waals surface area (Å²) in [6, 6.07) is 5.14. The molecule has 1 N–H and O–H groups in total. The number of likely N-dealkylation sites (tertiary alicyclic amines) is 1. The first-order valence-corrected chi connectivity index (χ1v) is 7.95. The number of halogens is 2. The molecule has 2 atom stereocenters. The summed E-state index contributed by atoms with van der Waals surface area (Å²) >= 11 is 0. The van der Waals surface area contributed by atoms with Crippen molar-refractivity contribution < 1.29 is 23.1 Å². The normalized spacial score (nSPS) is 18.8. The quantitative estimate of drug-likeness (QED) is 0.929. The summed E-state index contributed by atoms with van der Waals surface area (Å²) in [4.78, 5) is 14.2. The summed E-state index contributed by atoms with van der Waals surface area (Å²) in [7, 11) is 0. The Morgan fingerprint density at radius 3 is 2.92 bits per heavy atom. The van der Waals surface area contributed by atoms with Gasteiger partial charge in [0.05, 0.1) is 11.8 Å². The lowest BCUT2D eigenvalue weighted by atomic mass is 10.0. The SMILES string of the molecule is Cc1cc(C(=O)N2CCCC2CC(O)c2ccco2)c(F)cc1F. The Bertz CT molecular complexity index is 730. The minimum atomic E-state index is -0.861. The number of benzene rings is 1. The minimum Gasteiger partial charge on any atom is -0.467 e. The van der Waals surface area contributed by atoms with Crippen LogP contribution in [0.1, 0.15) is 47.0 Å². The van der Waals surface area contributed by atoms with Crippen molar-refractivity contribution in [3.63, 3.8) is 0 Å². The van der Waals surface area contributed by atoms with Crippen molar-refractivity contribution in [1.29, 1.82) is 0 Å². The predicted molar refractivity (Wildman–Crippen MR) is 83.4 cm³/mol. The van der Waals surface area contributed by atoms with Crippen molar-refractivity contribution >= 4 is 5.91 Å². The lowest BCUT2D eigenvalue weighted by Gasteiger charge is -2.26. The smallest absolute Gasteiger partial charge is 0.257 e. The van der Waals surface area contributed by atoms with Crippen molar-refractivity contribution in [2.24, 2.45) is 0 Å². The highest BCUT2D eigenvalue weighted by Gasteiger charge is 2.33. The van der Waals surface area contributed by atoms with Crippen molar-refractivity contribution in [3.8, 4) is 0 Å². The number of aliphatic hydroxyl groups is 1. The molecule has 2 aromatic rings. The third-order valence-corrected chi connectivity index (χ3v) is 4.48. The second kappa shape index (κ2) is 6.73. The highest BCUT2D eigenvalue weighted by molar-refractivity contribution is 5.95. The Labute approximate surface area is 138 Å². The van der Waals surface area contributed by atoms with E-state index in [4.69, 9.17) is 4.42 Å². The highest BCUT2D eigenvalue weighted by Crippen LogP contribution is 2.29. The Morgan fingerprint density at radius 1 is 1.42 bits per heavy atom. The molecule has 3 rings (SSSR count). The van der Waals surface area contributed by atoms with E-state index in [9.17, 15) is 18.7 Å². The van der Waals surface area contributed by atoms with Crippen molar-refractivity contribution in [3.05, 3.63) is 59.1 Å². The maximum absolute atomic E-state index is 14.0. The molecular formula is C18H19F2NO3. The topological polar surface area (TPSA) is 53.7 Å². The summed E-state index contributed by atoms with van der Waals surface area (Å²) in [6.07, 6.45) is 2.49. The van der Waals surface area contributed by atoms with Gasteiger partial charge in [-0.25, -0.2) is 8.78 Å². The van der Waals surface area contributed by atoms with Crippen molar-refractivity contribution in [1.82, 2.24) is 4.90 Å². The van der Waals surface area contributed by atoms with Crippen LogP contribution in [-0.2, 0) is 0 Å². The Balaban J connectivity index is 1.78. The standard InChI is InChI=1S/C18H19F2NO3/c1-11-8-13(15(20)10-14(11)19)18(23)21-6-2-4-12(21)9-16(22)17-5-3-7-24-17/h3,5,7-8,10,12,16,22H,2,4,6,9H2,1H3. The maximum atomic E-state index is 14.0. The van der Waals surface area contributed by atoms with Gasteiger partial charge in [0.2, 0.25) is 0 Å². The minimum absolute atomic E-state index is 0.131. The van der Waals surface area contributed by atoms with Gasteiger partial charge in [0.1, 0.15) is 23.5 Å². The van der Waals surface area contributed by atoms with Crippen molar-refractivity contribution in [2.75, 3.05) is 6.54 Å². The van der Waals surface area contributed by atoms with Crippen LogP contribution in [0.25, 0.3) is 0 Å². The number of nitrogens with zero attached hydrogens (tertiary/aromatic N) is 1. The van der Waals surface area contributed by atoms with Gasteiger partial charge in [-0.05, 0) is 43.5 Å². The first kappa shape index (κ1) is 16.6. The molecule has 4 nitrogen and oxygen atoms in total. The van der Waals surface area contributed by atoms with E-state index in [1.165, 1.54) is 19.3 Å². The molecule has 1 saturated heterocycles. The Hall–Kier alpha value is -2.21. The summed E-state index contributed by atoms with van der Waals surface area (Å²) in [6.45, 7) is 1.98. The van der Waals surface area contributed by atoms with E-state index in [1.54, 1.807) is 17.0 Å². The fourth-order valence-corrected chi connectivity index (χ4v) is 3.18. The molecule has 128 valence electrons. The molecular weight excluding hydrogens is 316 g/mol. The summed E-state index contributed by atoms with van der Waals surface area (Å²) in [5.74, 6) is -1.56. The third-order valence-electron chi connectivity index (χ3n) is 4.48. The number of rotatable bonds is 4. The van der Waals surface area contributed by atoms with Gasteiger partial charge in [-0.1, -0.05) is 0 Å². The van der Waals surface area contributed by atoms with E-state index >= 15 is 0 Å². The molecule has 2 unspecified atom stereocenters. The maximum Gasteiger partial charge on any atom is 0.257 e. The second-order valence-corrected chi connectivity index (χ2v) is 6.14. The Kier molecular flexibility index (Phi) is 4.66. The lowest BCUT2D eigenvalue weighted by molar-refractivity contribution is 0.0637. The zero-order valence-electron chi connectivity index (χ0n) is 13.3. The molecule has 1 aromatic heterocycles. The van der Waals surface area contributed by atoms with Gasteiger partial charge < -0.3 is 14.4 Å². The van der Waals surface area contributed by atoms with E-state index in [1.807, 2.05) is 0 Å². The molecule has 0 saturated carbocycles. The molecule has 1 aliphatic rings. The number of carbonyl (C=O) groups excluding carboxylic acids is 1. The van der Waals surface area contributed by atoms with Crippen LogP contribution in [0.4, 0.5) is 8.78 Å². The van der Waals surface area contributed by atoms with Crippen LogP contribution in [0, 0.1) is 18.6 Å². The van der Waals surface area contributed by atoms with E-state index in [-0.39, 0.29) is 17.2 Å². The predicted octanol–water partition coefficient (Wildman–Crippen LogP) is 3.59. The molecule has 1 fully saturated rings. The zero-order valence-corrected chi connectivity index (χ0v) is 13.3. The molecule has 0 aliphatic carbocycles. The number of furan rings is 1. The first-order valence-electron chi connectivity index (χ1n) is 7.95. The molecule has 6 heteroatoms. The number of carbonyl (C=O) groups is 1. The molecule has 1 aliphatic heterocycles. The number of amides is 1. The summed E-state index contributed by atoms with van der Waals surface area (Å²) < 4.78 is 32.6. The first-order chi connectivity index (χ1) is 11.5. The highest BCUT2D eigenvalue weighted by atomic mass is 19.1. The molecule has 0 spiro atoms. The fraction of sp³-hybridized carbons (Fsp3) is 0.389. The lowest BCUT2D eigenvalue weighted by Crippen LogP contribution is -2.37. The van der Waals surface area contributed by atoms with Gasteiger partial charge in [0.15, 0.2) is 0 Å². The monoisotopic (exact) mass is 335 g/mol. The second-order valence-electron chi connectivity index (χ2n) is 6.14. The number of aliphatic hydroxyl groups excluding tert-OH is 1. The van der Waals surface area contributed by atoms with E-state index in [0.29, 0.717) is 18.7 Å². The van der Waals surface area contributed by atoms with Gasteiger partial charge >= 0.3 is 0 Å².